The number of rotatable bonds is 58. The molecule has 1 nitrogen and oxygen atoms in total. The average molecular weight is 904 g/mol. The van der Waals surface area contributed by atoms with Crippen molar-refractivity contribution in [3.05, 3.63) is 0 Å². The van der Waals surface area contributed by atoms with Crippen molar-refractivity contribution in [3.63, 3.8) is 0 Å². The summed E-state index contributed by atoms with van der Waals surface area (Å²) < 4.78 is 5.64. The van der Waals surface area contributed by atoms with Gasteiger partial charge in [-0.1, -0.05) is 341 Å². The Bertz CT molecular complexity index is 794. The predicted octanol–water partition coefficient (Wildman–Crippen LogP) is 22.8. The Kier molecular flexibility index (Phi) is 53.6. The zero-order valence-electron chi connectivity index (χ0n) is 44.4. The number of hydrogen-bond donors (Lipinski definition) is 0. The van der Waals surface area contributed by atoms with Crippen molar-refractivity contribution >= 4 is 8.58 Å². The third-order valence-corrected chi connectivity index (χ3v) is 16.6. The van der Waals surface area contributed by atoms with E-state index in [0.29, 0.717) is 6.10 Å². The van der Waals surface area contributed by atoms with E-state index in [4.69, 9.17) is 4.74 Å². The molecule has 3 unspecified atom stereocenters. The SMILES string of the molecule is CCCCCCCCCCCCCCCCCCCCPCCCCCCCCCCCCCCCCCCCCCCC(CCCCCCCCCCCCCCC)CC1CO1. The Morgan fingerprint density at radius 2 is 0.476 bits per heavy atom. The molecule has 0 aromatic heterocycles. The van der Waals surface area contributed by atoms with E-state index in [1.165, 1.54) is 368 Å². The largest absolute Gasteiger partial charge is 0.373 e. The van der Waals surface area contributed by atoms with Crippen molar-refractivity contribution in [1.82, 2.24) is 0 Å². The van der Waals surface area contributed by atoms with Gasteiger partial charge in [0.25, 0.3) is 0 Å². The number of epoxide rings is 1. The summed E-state index contributed by atoms with van der Waals surface area (Å²) in [7, 11) is 1.25. The minimum atomic E-state index is 0.625. The van der Waals surface area contributed by atoms with Crippen molar-refractivity contribution in [3.8, 4) is 0 Å². The lowest BCUT2D eigenvalue weighted by molar-refractivity contribution is 0.316. The molecule has 0 bridgehead atoms. The summed E-state index contributed by atoms with van der Waals surface area (Å²) in [6.07, 6.45) is 83.5. The van der Waals surface area contributed by atoms with Crippen LogP contribution in [0.1, 0.15) is 361 Å². The normalized spacial score (nSPS) is 14.5. The van der Waals surface area contributed by atoms with E-state index >= 15 is 0 Å². The Morgan fingerprint density at radius 3 is 0.683 bits per heavy atom. The first-order chi connectivity index (χ1) is 31.4. The summed E-state index contributed by atoms with van der Waals surface area (Å²) in [5, 5.41) is 0. The molecular weight excluding hydrogens is 780 g/mol. The Morgan fingerprint density at radius 1 is 0.286 bits per heavy atom. The highest BCUT2D eigenvalue weighted by atomic mass is 31.1. The molecule has 378 valence electrons. The lowest BCUT2D eigenvalue weighted by Gasteiger charge is -2.16. The van der Waals surface area contributed by atoms with E-state index in [2.05, 4.69) is 13.8 Å². The van der Waals surface area contributed by atoms with Crippen molar-refractivity contribution in [2.24, 2.45) is 5.92 Å². The molecule has 0 saturated carbocycles. The molecule has 1 fully saturated rings. The monoisotopic (exact) mass is 903 g/mol. The molecule has 63 heavy (non-hydrogen) atoms. The zero-order chi connectivity index (χ0) is 44.9. The fourth-order valence-corrected chi connectivity index (χ4v) is 11.8. The lowest BCUT2D eigenvalue weighted by Crippen LogP contribution is -2.05. The molecule has 1 saturated heterocycles. The second-order valence-corrected chi connectivity index (χ2v) is 23.2. The molecule has 2 heteroatoms. The number of hydrogen-bond acceptors (Lipinski definition) is 1. The molecule has 0 aromatic rings. The average Bonchev–Trinajstić information content (AvgIpc) is 4.12. The van der Waals surface area contributed by atoms with Crippen LogP contribution in [-0.4, -0.2) is 25.0 Å². The molecule has 1 heterocycles. The second kappa shape index (κ2) is 55.0. The summed E-state index contributed by atoms with van der Waals surface area (Å²) in [6, 6.07) is 0. The lowest BCUT2D eigenvalue weighted by atomic mass is 9.90. The van der Waals surface area contributed by atoms with Crippen molar-refractivity contribution in [1.29, 1.82) is 0 Å². The highest BCUT2D eigenvalue weighted by Gasteiger charge is 2.26. The van der Waals surface area contributed by atoms with Gasteiger partial charge in [-0.25, -0.2) is 0 Å². The Hall–Kier alpha value is 0.390. The number of unbranched alkanes of at least 4 members (excludes halogenated alkanes) is 48. The highest BCUT2D eigenvalue weighted by Crippen LogP contribution is 2.29. The van der Waals surface area contributed by atoms with Crippen molar-refractivity contribution in [2.45, 2.75) is 367 Å². The van der Waals surface area contributed by atoms with Crippen LogP contribution in [0.3, 0.4) is 0 Å². The van der Waals surface area contributed by atoms with Crippen LogP contribution >= 0.6 is 8.58 Å². The number of ether oxygens (including phenoxy) is 1. The maximum atomic E-state index is 5.64. The first-order valence-electron chi connectivity index (χ1n) is 30.7. The van der Waals surface area contributed by atoms with Crippen LogP contribution in [-0.2, 0) is 4.74 Å². The van der Waals surface area contributed by atoms with Crippen molar-refractivity contribution in [2.75, 3.05) is 18.9 Å². The maximum Gasteiger partial charge on any atom is 0.0812 e. The first-order valence-corrected chi connectivity index (χ1v) is 32.1. The molecule has 3 atom stereocenters. The standard InChI is InChI=1S/C61H123OP/c1-3-5-7-9-11-13-15-17-18-19-25-28-32-36-40-44-48-52-56-63-57-53-49-45-41-37-33-29-26-23-21-20-22-24-27-31-35-39-43-47-51-55-60(58-61-59-62-61)54-50-46-42-38-34-30-16-14-12-10-8-6-4-2/h60-61,63H,3-59H2,1-2H3. The van der Waals surface area contributed by atoms with Gasteiger partial charge in [0.2, 0.25) is 0 Å². The van der Waals surface area contributed by atoms with E-state index in [1.54, 1.807) is 0 Å². The summed E-state index contributed by atoms with van der Waals surface area (Å²) in [5.74, 6) is 0.943. The van der Waals surface area contributed by atoms with E-state index in [-0.39, 0.29) is 0 Å². The molecule has 0 N–H and O–H groups in total. The van der Waals surface area contributed by atoms with Crippen LogP contribution in [0.25, 0.3) is 0 Å². The van der Waals surface area contributed by atoms with Gasteiger partial charge in [0.15, 0.2) is 0 Å². The molecular formula is C61H123OP. The van der Waals surface area contributed by atoms with E-state index in [0.717, 1.165) is 12.5 Å². The third kappa shape index (κ3) is 53.2. The van der Waals surface area contributed by atoms with E-state index in [9.17, 15) is 0 Å². The van der Waals surface area contributed by atoms with Gasteiger partial charge in [-0.05, 0) is 37.5 Å². The molecule has 1 rings (SSSR count). The molecule has 0 aromatic carbocycles. The smallest absolute Gasteiger partial charge is 0.0812 e. The quantitative estimate of drug-likeness (QED) is 0.0337. The topological polar surface area (TPSA) is 12.5 Å². The molecule has 0 radical (unpaired) electrons. The van der Waals surface area contributed by atoms with Crippen LogP contribution in [0.4, 0.5) is 0 Å². The fraction of sp³-hybridized carbons (Fsp3) is 1.00. The van der Waals surface area contributed by atoms with Gasteiger partial charge in [-0.2, -0.15) is 0 Å². The van der Waals surface area contributed by atoms with Gasteiger partial charge in [-0.3, -0.25) is 0 Å². The minimum Gasteiger partial charge on any atom is -0.373 e. The van der Waals surface area contributed by atoms with Crippen molar-refractivity contribution < 1.29 is 4.74 Å². The van der Waals surface area contributed by atoms with Crippen LogP contribution < -0.4 is 0 Å². The molecule has 0 spiro atoms. The van der Waals surface area contributed by atoms with Crippen LogP contribution in [0.15, 0.2) is 0 Å². The molecule has 0 amide bonds. The fourth-order valence-electron chi connectivity index (χ4n) is 10.5. The first kappa shape index (κ1) is 61.4. The molecule has 1 aliphatic heterocycles. The van der Waals surface area contributed by atoms with Gasteiger partial charge in [0.05, 0.1) is 12.7 Å². The van der Waals surface area contributed by atoms with Gasteiger partial charge < -0.3 is 4.74 Å². The van der Waals surface area contributed by atoms with Gasteiger partial charge in [-0.15, -0.1) is 8.58 Å². The van der Waals surface area contributed by atoms with Crippen LogP contribution in [0.5, 0.6) is 0 Å². The molecule has 1 aliphatic rings. The predicted molar refractivity (Wildman–Crippen MR) is 292 cm³/mol. The molecule has 0 aliphatic carbocycles. The second-order valence-electron chi connectivity index (χ2n) is 21.7. The highest BCUT2D eigenvalue weighted by molar-refractivity contribution is 7.37. The van der Waals surface area contributed by atoms with Gasteiger partial charge >= 0.3 is 0 Å². The maximum absolute atomic E-state index is 5.64. The van der Waals surface area contributed by atoms with Crippen LogP contribution in [0.2, 0.25) is 0 Å². The van der Waals surface area contributed by atoms with Gasteiger partial charge in [0.1, 0.15) is 0 Å². The summed E-state index contributed by atoms with van der Waals surface area (Å²) >= 11 is 0. The van der Waals surface area contributed by atoms with E-state index < -0.39 is 0 Å². The summed E-state index contributed by atoms with van der Waals surface area (Å²) in [6.45, 7) is 5.68. The van der Waals surface area contributed by atoms with Crippen LogP contribution in [0, 0.1) is 5.92 Å². The zero-order valence-corrected chi connectivity index (χ0v) is 45.4. The van der Waals surface area contributed by atoms with Gasteiger partial charge in [0, 0.05) is 0 Å². The Labute approximate surface area is 403 Å². The minimum absolute atomic E-state index is 0.625. The summed E-state index contributed by atoms with van der Waals surface area (Å²) in [5.41, 5.74) is 0. The third-order valence-electron chi connectivity index (χ3n) is 15.1. The van der Waals surface area contributed by atoms with E-state index in [1.807, 2.05) is 0 Å². The summed E-state index contributed by atoms with van der Waals surface area (Å²) in [4.78, 5) is 0. The Balaban J connectivity index is 1.69.